The minimum absolute atomic E-state index is 0.752. The van der Waals surface area contributed by atoms with Crippen LogP contribution in [0.15, 0.2) is 30.5 Å². The standard InChI is InChI=1S/C14H17IN4/c1-4-16-14-12(15)9-17-13(18-14)10-5-7-11(8-6-10)19(2)3/h5-9H,4H2,1-3H3,(H,16,17,18). The second-order valence-electron chi connectivity index (χ2n) is 4.36. The lowest BCUT2D eigenvalue weighted by atomic mass is 10.2. The van der Waals surface area contributed by atoms with Gasteiger partial charge in [0.1, 0.15) is 5.82 Å². The summed E-state index contributed by atoms with van der Waals surface area (Å²) < 4.78 is 1.04. The molecule has 0 bridgehead atoms. The van der Waals surface area contributed by atoms with Gasteiger partial charge in [0.15, 0.2) is 5.82 Å². The van der Waals surface area contributed by atoms with Gasteiger partial charge in [0.2, 0.25) is 0 Å². The number of halogens is 1. The third-order valence-corrected chi connectivity index (χ3v) is 3.52. The van der Waals surface area contributed by atoms with Crippen LogP contribution in [-0.2, 0) is 0 Å². The Labute approximate surface area is 127 Å². The molecule has 0 fully saturated rings. The summed E-state index contributed by atoms with van der Waals surface area (Å²) in [6.07, 6.45) is 1.85. The highest BCUT2D eigenvalue weighted by Crippen LogP contribution is 2.22. The average Bonchev–Trinajstić information content (AvgIpc) is 2.41. The van der Waals surface area contributed by atoms with Gasteiger partial charge < -0.3 is 10.2 Å². The largest absolute Gasteiger partial charge is 0.378 e. The normalized spacial score (nSPS) is 10.3. The zero-order valence-corrected chi connectivity index (χ0v) is 13.5. The van der Waals surface area contributed by atoms with E-state index in [0.29, 0.717) is 0 Å². The van der Waals surface area contributed by atoms with E-state index in [2.05, 4.69) is 61.8 Å². The van der Waals surface area contributed by atoms with Gasteiger partial charge in [-0.15, -0.1) is 0 Å². The van der Waals surface area contributed by atoms with Crippen LogP contribution >= 0.6 is 22.6 Å². The van der Waals surface area contributed by atoms with Crippen LogP contribution < -0.4 is 10.2 Å². The second-order valence-corrected chi connectivity index (χ2v) is 5.52. The lowest BCUT2D eigenvalue weighted by Gasteiger charge is -2.12. The van der Waals surface area contributed by atoms with E-state index in [0.717, 1.165) is 27.3 Å². The van der Waals surface area contributed by atoms with E-state index in [4.69, 9.17) is 0 Å². The number of rotatable bonds is 4. The number of hydrogen-bond acceptors (Lipinski definition) is 4. The van der Waals surface area contributed by atoms with Gasteiger partial charge in [0, 0.05) is 38.1 Å². The molecule has 0 saturated heterocycles. The molecule has 0 amide bonds. The molecular formula is C14H17IN4. The van der Waals surface area contributed by atoms with Crippen molar-refractivity contribution in [1.82, 2.24) is 9.97 Å². The third-order valence-electron chi connectivity index (χ3n) is 2.73. The van der Waals surface area contributed by atoms with E-state index in [1.165, 1.54) is 5.69 Å². The number of hydrogen-bond donors (Lipinski definition) is 1. The van der Waals surface area contributed by atoms with Crippen LogP contribution in [0, 0.1) is 3.57 Å². The van der Waals surface area contributed by atoms with E-state index in [1.807, 2.05) is 32.4 Å². The topological polar surface area (TPSA) is 41.1 Å². The Balaban J connectivity index is 2.33. The Bertz CT molecular complexity index is 552. The van der Waals surface area contributed by atoms with Crippen molar-refractivity contribution in [1.29, 1.82) is 0 Å². The molecule has 5 heteroatoms. The molecule has 0 unspecified atom stereocenters. The number of nitrogens with zero attached hydrogens (tertiary/aromatic N) is 3. The van der Waals surface area contributed by atoms with E-state index >= 15 is 0 Å². The maximum absolute atomic E-state index is 4.56. The fraction of sp³-hybridized carbons (Fsp3) is 0.286. The number of benzene rings is 1. The summed E-state index contributed by atoms with van der Waals surface area (Å²) in [6.45, 7) is 2.91. The summed E-state index contributed by atoms with van der Waals surface area (Å²) in [5.74, 6) is 1.64. The van der Waals surface area contributed by atoms with E-state index < -0.39 is 0 Å². The first-order valence-electron chi connectivity index (χ1n) is 6.16. The maximum Gasteiger partial charge on any atom is 0.161 e. The molecule has 1 heterocycles. The first kappa shape index (κ1) is 14.0. The van der Waals surface area contributed by atoms with Gasteiger partial charge in [-0.3, -0.25) is 0 Å². The molecule has 0 aliphatic rings. The van der Waals surface area contributed by atoms with Crippen molar-refractivity contribution in [3.05, 3.63) is 34.0 Å². The monoisotopic (exact) mass is 368 g/mol. The van der Waals surface area contributed by atoms with Crippen LogP contribution in [0.25, 0.3) is 11.4 Å². The zero-order valence-electron chi connectivity index (χ0n) is 11.3. The minimum Gasteiger partial charge on any atom is -0.378 e. The Hall–Kier alpha value is -1.37. The summed E-state index contributed by atoms with van der Waals surface area (Å²) in [5, 5.41) is 3.25. The Morgan fingerprint density at radius 2 is 1.89 bits per heavy atom. The van der Waals surface area contributed by atoms with Crippen molar-refractivity contribution < 1.29 is 0 Å². The number of anilines is 2. The van der Waals surface area contributed by atoms with Crippen molar-refractivity contribution in [3.63, 3.8) is 0 Å². The molecule has 19 heavy (non-hydrogen) atoms. The maximum atomic E-state index is 4.56. The first-order valence-corrected chi connectivity index (χ1v) is 7.24. The molecule has 4 nitrogen and oxygen atoms in total. The number of nitrogens with one attached hydrogen (secondary N) is 1. The van der Waals surface area contributed by atoms with Gasteiger partial charge in [0.25, 0.3) is 0 Å². The molecule has 0 saturated carbocycles. The van der Waals surface area contributed by atoms with Crippen molar-refractivity contribution in [3.8, 4) is 11.4 Å². The molecular weight excluding hydrogens is 351 g/mol. The summed E-state index contributed by atoms with van der Waals surface area (Å²) in [5.41, 5.74) is 2.20. The van der Waals surface area contributed by atoms with Gasteiger partial charge in [0.05, 0.1) is 3.57 Å². The third kappa shape index (κ3) is 3.34. The molecule has 0 aliphatic heterocycles. The smallest absolute Gasteiger partial charge is 0.161 e. The second kappa shape index (κ2) is 6.18. The van der Waals surface area contributed by atoms with E-state index in [1.54, 1.807) is 0 Å². The highest BCUT2D eigenvalue weighted by Gasteiger charge is 2.06. The SMILES string of the molecule is CCNc1nc(-c2ccc(N(C)C)cc2)ncc1I. The first-order chi connectivity index (χ1) is 9.11. The fourth-order valence-corrected chi connectivity index (χ4v) is 2.16. The molecule has 1 aromatic heterocycles. The van der Waals surface area contributed by atoms with Gasteiger partial charge >= 0.3 is 0 Å². The Kier molecular flexibility index (Phi) is 4.57. The molecule has 0 spiro atoms. The predicted octanol–water partition coefficient (Wildman–Crippen LogP) is 3.25. The molecule has 0 radical (unpaired) electrons. The lowest BCUT2D eigenvalue weighted by Crippen LogP contribution is -2.08. The highest BCUT2D eigenvalue weighted by atomic mass is 127. The number of aromatic nitrogens is 2. The quantitative estimate of drug-likeness (QED) is 0.842. The van der Waals surface area contributed by atoms with Crippen LogP contribution in [0.3, 0.4) is 0 Å². The molecule has 1 N–H and O–H groups in total. The van der Waals surface area contributed by atoms with Crippen molar-refractivity contribution in [2.75, 3.05) is 30.9 Å². The summed E-state index contributed by atoms with van der Waals surface area (Å²) in [4.78, 5) is 11.0. The molecule has 0 atom stereocenters. The lowest BCUT2D eigenvalue weighted by molar-refractivity contribution is 1.10. The van der Waals surface area contributed by atoms with E-state index in [9.17, 15) is 0 Å². The fourth-order valence-electron chi connectivity index (χ4n) is 1.71. The van der Waals surface area contributed by atoms with Crippen molar-refractivity contribution in [2.45, 2.75) is 6.92 Å². The molecule has 100 valence electrons. The van der Waals surface area contributed by atoms with Gasteiger partial charge in [-0.05, 0) is 53.8 Å². The minimum atomic E-state index is 0.752. The molecule has 2 aromatic rings. The zero-order chi connectivity index (χ0) is 13.8. The van der Waals surface area contributed by atoms with Crippen molar-refractivity contribution >= 4 is 34.1 Å². The van der Waals surface area contributed by atoms with Crippen LogP contribution in [0.4, 0.5) is 11.5 Å². The van der Waals surface area contributed by atoms with Gasteiger partial charge in [-0.1, -0.05) is 0 Å². The Morgan fingerprint density at radius 1 is 1.21 bits per heavy atom. The van der Waals surface area contributed by atoms with Crippen molar-refractivity contribution in [2.24, 2.45) is 0 Å². The van der Waals surface area contributed by atoms with Gasteiger partial charge in [-0.25, -0.2) is 9.97 Å². The average molecular weight is 368 g/mol. The summed E-state index contributed by atoms with van der Waals surface area (Å²) >= 11 is 2.24. The van der Waals surface area contributed by atoms with Crippen LogP contribution in [0.1, 0.15) is 6.92 Å². The van der Waals surface area contributed by atoms with Crippen LogP contribution in [0.5, 0.6) is 0 Å². The van der Waals surface area contributed by atoms with Crippen LogP contribution in [0.2, 0.25) is 0 Å². The van der Waals surface area contributed by atoms with Crippen LogP contribution in [-0.4, -0.2) is 30.6 Å². The van der Waals surface area contributed by atoms with Gasteiger partial charge in [-0.2, -0.15) is 0 Å². The van der Waals surface area contributed by atoms with E-state index in [-0.39, 0.29) is 0 Å². The predicted molar refractivity (Wildman–Crippen MR) is 88.7 cm³/mol. The molecule has 0 aliphatic carbocycles. The highest BCUT2D eigenvalue weighted by molar-refractivity contribution is 14.1. The molecule has 2 rings (SSSR count). The summed E-state index contributed by atoms with van der Waals surface area (Å²) in [7, 11) is 4.05. The Morgan fingerprint density at radius 3 is 2.47 bits per heavy atom. The summed E-state index contributed by atoms with van der Waals surface area (Å²) in [6, 6.07) is 8.24. The molecule has 1 aromatic carbocycles.